The minimum absolute atomic E-state index is 0.0963. The molecule has 2 aromatic rings. The molecule has 30 heavy (non-hydrogen) atoms. The van der Waals surface area contributed by atoms with Crippen molar-refractivity contribution < 1.29 is 18.8 Å². The van der Waals surface area contributed by atoms with Crippen LogP contribution < -0.4 is 10.6 Å². The summed E-state index contributed by atoms with van der Waals surface area (Å²) in [5, 5.41) is 5.51. The number of piperidine rings is 1. The quantitative estimate of drug-likeness (QED) is 0.794. The predicted molar refractivity (Wildman–Crippen MR) is 113 cm³/mol. The molecule has 0 atom stereocenters. The first kappa shape index (κ1) is 21.5. The molecule has 0 spiro atoms. The zero-order chi connectivity index (χ0) is 21.7. The average Bonchev–Trinajstić information content (AvgIpc) is 2.75. The first-order valence-corrected chi connectivity index (χ1v) is 10.0. The van der Waals surface area contributed by atoms with E-state index < -0.39 is 0 Å². The van der Waals surface area contributed by atoms with Crippen molar-refractivity contribution in [3.05, 3.63) is 65.0 Å². The summed E-state index contributed by atoms with van der Waals surface area (Å²) in [7, 11) is 0. The van der Waals surface area contributed by atoms with E-state index in [1.807, 2.05) is 32.0 Å². The molecule has 2 N–H and O–H groups in total. The van der Waals surface area contributed by atoms with Gasteiger partial charge in [-0.3, -0.25) is 14.4 Å². The monoisotopic (exact) mass is 411 g/mol. The topological polar surface area (TPSA) is 78.5 Å². The third kappa shape index (κ3) is 5.23. The van der Waals surface area contributed by atoms with E-state index in [9.17, 15) is 18.8 Å². The molecule has 1 aliphatic rings. The van der Waals surface area contributed by atoms with Crippen LogP contribution in [0.5, 0.6) is 0 Å². The van der Waals surface area contributed by atoms with Crippen LogP contribution in [-0.4, -0.2) is 42.3 Å². The maximum atomic E-state index is 13.0. The lowest BCUT2D eigenvalue weighted by Crippen LogP contribution is -2.44. The fourth-order valence-corrected chi connectivity index (χ4v) is 3.51. The maximum absolute atomic E-state index is 13.0. The molecule has 0 saturated carbocycles. The van der Waals surface area contributed by atoms with E-state index in [1.165, 1.54) is 24.3 Å². The van der Waals surface area contributed by atoms with Crippen LogP contribution in [0.2, 0.25) is 0 Å². The molecule has 1 aliphatic heterocycles. The van der Waals surface area contributed by atoms with Gasteiger partial charge >= 0.3 is 0 Å². The second kappa shape index (κ2) is 9.52. The number of aryl methyl sites for hydroxylation is 1. The minimum atomic E-state index is -0.386. The van der Waals surface area contributed by atoms with Gasteiger partial charge in [0.15, 0.2) is 0 Å². The number of amides is 3. The van der Waals surface area contributed by atoms with Crippen LogP contribution in [-0.2, 0) is 9.59 Å². The summed E-state index contributed by atoms with van der Waals surface area (Å²) < 4.78 is 13.0. The third-order valence-electron chi connectivity index (χ3n) is 5.55. The molecular formula is C23H26FN3O3. The van der Waals surface area contributed by atoms with Crippen LogP contribution in [0, 0.1) is 25.6 Å². The summed E-state index contributed by atoms with van der Waals surface area (Å²) in [5.74, 6) is -1.25. The Labute approximate surface area is 175 Å². The highest BCUT2D eigenvalue weighted by Crippen LogP contribution is 2.20. The molecular weight excluding hydrogens is 385 g/mol. The van der Waals surface area contributed by atoms with Crippen LogP contribution in [0.15, 0.2) is 42.5 Å². The molecule has 1 fully saturated rings. The molecule has 3 rings (SSSR count). The number of likely N-dealkylation sites (tertiary alicyclic amines) is 1. The Balaban J connectivity index is 1.45. The molecule has 0 unspecified atom stereocenters. The Morgan fingerprint density at radius 1 is 1.03 bits per heavy atom. The van der Waals surface area contributed by atoms with Gasteiger partial charge in [-0.2, -0.15) is 0 Å². The lowest BCUT2D eigenvalue weighted by Gasteiger charge is -2.31. The van der Waals surface area contributed by atoms with Gasteiger partial charge in [0.25, 0.3) is 5.91 Å². The maximum Gasteiger partial charge on any atom is 0.253 e. The molecule has 0 aromatic heterocycles. The SMILES string of the molecule is Cc1cccc(NC(=O)CNC(=O)C2CCN(C(=O)c3ccc(F)cc3)CC2)c1C. The van der Waals surface area contributed by atoms with Gasteiger partial charge in [0, 0.05) is 30.3 Å². The van der Waals surface area contributed by atoms with Crippen LogP contribution >= 0.6 is 0 Å². The Kier molecular flexibility index (Phi) is 6.82. The molecule has 6 nitrogen and oxygen atoms in total. The van der Waals surface area contributed by atoms with Crippen molar-refractivity contribution in [2.75, 3.05) is 25.0 Å². The minimum Gasteiger partial charge on any atom is -0.347 e. The fourth-order valence-electron chi connectivity index (χ4n) is 3.51. The molecule has 0 bridgehead atoms. The first-order valence-electron chi connectivity index (χ1n) is 10.0. The van der Waals surface area contributed by atoms with Gasteiger partial charge in [-0.1, -0.05) is 12.1 Å². The molecule has 7 heteroatoms. The number of nitrogens with one attached hydrogen (secondary N) is 2. The smallest absolute Gasteiger partial charge is 0.253 e. The van der Waals surface area contributed by atoms with Gasteiger partial charge in [0.05, 0.1) is 6.54 Å². The lowest BCUT2D eigenvalue weighted by atomic mass is 9.95. The standard InChI is InChI=1S/C23H26FN3O3/c1-15-4-3-5-20(16(15)2)26-21(28)14-25-22(29)17-10-12-27(13-11-17)23(30)18-6-8-19(24)9-7-18/h3-9,17H,10-14H2,1-2H3,(H,25,29)(H,26,28). The van der Waals surface area contributed by atoms with Gasteiger partial charge in [-0.05, 0) is 68.1 Å². The van der Waals surface area contributed by atoms with Crippen LogP contribution in [0.3, 0.4) is 0 Å². The van der Waals surface area contributed by atoms with E-state index in [0.29, 0.717) is 31.5 Å². The van der Waals surface area contributed by atoms with Gasteiger partial charge < -0.3 is 15.5 Å². The highest BCUT2D eigenvalue weighted by Gasteiger charge is 2.28. The summed E-state index contributed by atoms with van der Waals surface area (Å²) >= 11 is 0. The summed E-state index contributed by atoms with van der Waals surface area (Å²) in [4.78, 5) is 38.8. The highest BCUT2D eigenvalue weighted by atomic mass is 19.1. The fraction of sp³-hybridized carbons (Fsp3) is 0.348. The van der Waals surface area contributed by atoms with Gasteiger partial charge in [0.1, 0.15) is 5.82 Å². The van der Waals surface area contributed by atoms with E-state index in [1.54, 1.807) is 4.90 Å². The summed E-state index contributed by atoms with van der Waals surface area (Å²) in [6, 6.07) is 11.1. The summed E-state index contributed by atoms with van der Waals surface area (Å²) in [6.45, 7) is 4.71. The van der Waals surface area contributed by atoms with Gasteiger partial charge in [-0.15, -0.1) is 0 Å². The van der Waals surface area contributed by atoms with E-state index >= 15 is 0 Å². The number of benzene rings is 2. The van der Waals surface area contributed by atoms with Crippen molar-refractivity contribution in [2.24, 2.45) is 5.92 Å². The van der Waals surface area contributed by atoms with Gasteiger partial charge in [0.2, 0.25) is 11.8 Å². The predicted octanol–water partition coefficient (Wildman–Crippen LogP) is 3.05. The number of carbonyl (C=O) groups is 3. The third-order valence-corrected chi connectivity index (χ3v) is 5.55. The number of halogens is 1. The Hall–Kier alpha value is -3.22. The van der Waals surface area contributed by atoms with Crippen molar-refractivity contribution in [1.82, 2.24) is 10.2 Å². The number of rotatable bonds is 5. The molecule has 0 aliphatic carbocycles. The summed E-state index contributed by atoms with van der Waals surface area (Å²) in [5.41, 5.74) is 3.25. The van der Waals surface area contributed by atoms with Crippen molar-refractivity contribution in [3.8, 4) is 0 Å². The van der Waals surface area contributed by atoms with Crippen molar-refractivity contribution in [1.29, 1.82) is 0 Å². The van der Waals surface area contributed by atoms with E-state index in [0.717, 1.165) is 16.8 Å². The Morgan fingerprint density at radius 2 is 1.70 bits per heavy atom. The van der Waals surface area contributed by atoms with Crippen LogP contribution in [0.25, 0.3) is 0 Å². The molecule has 158 valence electrons. The van der Waals surface area contributed by atoms with E-state index in [4.69, 9.17) is 0 Å². The highest BCUT2D eigenvalue weighted by molar-refractivity contribution is 5.96. The molecule has 3 amide bonds. The van der Waals surface area contributed by atoms with Crippen molar-refractivity contribution in [3.63, 3.8) is 0 Å². The number of hydrogen-bond donors (Lipinski definition) is 2. The summed E-state index contributed by atoms with van der Waals surface area (Å²) in [6.07, 6.45) is 1.05. The van der Waals surface area contributed by atoms with Crippen molar-refractivity contribution in [2.45, 2.75) is 26.7 Å². The second-order valence-corrected chi connectivity index (χ2v) is 7.59. The zero-order valence-corrected chi connectivity index (χ0v) is 17.2. The normalized spacial score (nSPS) is 14.3. The second-order valence-electron chi connectivity index (χ2n) is 7.59. The van der Waals surface area contributed by atoms with E-state index in [2.05, 4.69) is 10.6 Å². The molecule has 1 saturated heterocycles. The number of hydrogen-bond acceptors (Lipinski definition) is 3. The Bertz CT molecular complexity index is 935. The van der Waals surface area contributed by atoms with Gasteiger partial charge in [-0.25, -0.2) is 4.39 Å². The van der Waals surface area contributed by atoms with Crippen LogP contribution in [0.1, 0.15) is 34.3 Å². The zero-order valence-electron chi connectivity index (χ0n) is 17.2. The average molecular weight is 411 g/mol. The first-order chi connectivity index (χ1) is 14.3. The number of nitrogens with zero attached hydrogens (tertiary/aromatic N) is 1. The lowest BCUT2D eigenvalue weighted by molar-refractivity contribution is -0.128. The number of carbonyl (C=O) groups excluding carboxylic acids is 3. The largest absolute Gasteiger partial charge is 0.347 e. The number of anilines is 1. The molecule has 1 heterocycles. The Morgan fingerprint density at radius 3 is 2.37 bits per heavy atom. The van der Waals surface area contributed by atoms with Crippen molar-refractivity contribution >= 4 is 23.4 Å². The van der Waals surface area contributed by atoms with Crippen LogP contribution in [0.4, 0.5) is 10.1 Å². The van der Waals surface area contributed by atoms with E-state index in [-0.39, 0.29) is 36.0 Å². The molecule has 2 aromatic carbocycles. The molecule has 0 radical (unpaired) electrons.